The molecule has 4 N–H and O–H groups in total. The average Bonchev–Trinajstić information content (AvgIpc) is 2.38. The fourth-order valence-corrected chi connectivity index (χ4v) is 1.79. The van der Waals surface area contributed by atoms with Crippen molar-refractivity contribution in [1.29, 1.82) is 0 Å². The molecule has 0 aliphatic heterocycles. The predicted octanol–water partition coefficient (Wildman–Crippen LogP) is 3.69. The maximum atomic E-state index is 12.4. The number of nitrogens with zero attached hydrogens (tertiary/aromatic N) is 1. The molecule has 8 heteroatoms. The molecule has 1 aromatic rings. The molecule has 0 unspecified atom stereocenters. The van der Waals surface area contributed by atoms with Crippen LogP contribution in [0, 0.1) is 0 Å². The van der Waals surface area contributed by atoms with E-state index < -0.39 is 11.7 Å². The van der Waals surface area contributed by atoms with Crippen LogP contribution in [0.15, 0.2) is 23.4 Å². The minimum Gasteiger partial charge on any atom is -0.409 e. The van der Waals surface area contributed by atoms with Crippen molar-refractivity contribution in [2.45, 2.75) is 25.4 Å². The highest BCUT2D eigenvalue weighted by atomic mass is 35.5. The fraction of sp³-hybridized carbons (Fsp3) is 0.417. The number of alkyl halides is 3. The van der Waals surface area contributed by atoms with Gasteiger partial charge in [0.05, 0.1) is 16.3 Å². The first-order chi connectivity index (χ1) is 9.34. The minimum atomic E-state index is -4.40. The van der Waals surface area contributed by atoms with Gasteiger partial charge >= 0.3 is 6.18 Å². The van der Waals surface area contributed by atoms with Crippen LogP contribution in [0.4, 0.5) is 18.9 Å². The summed E-state index contributed by atoms with van der Waals surface area (Å²) in [6.45, 7) is 0.532. The van der Waals surface area contributed by atoms with Crippen LogP contribution in [0.3, 0.4) is 0 Å². The van der Waals surface area contributed by atoms with E-state index in [1.807, 2.05) is 0 Å². The van der Waals surface area contributed by atoms with Gasteiger partial charge in [0.1, 0.15) is 5.84 Å². The van der Waals surface area contributed by atoms with E-state index in [0.717, 1.165) is 12.1 Å². The van der Waals surface area contributed by atoms with E-state index in [1.165, 1.54) is 6.07 Å². The first-order valence-electron chi connectivity index (χ1n) is 5.91. The van der Waals surface area contributed by atoms with Gasteiger partial charge in [-0.15, -0.1) is 0 Å². The molecule has 0 amide bonds. The van der Waals surface area contributed by atoms with Crippen LogP contribution in [0.2, 0.25) is 5.02 Å². The Morgan fingerprint density at radius 3 is 2.60 bits per heavy atom. The third-order valence-electron chi connectivity index (χ3n) is 2.60. The van der Waals surface area contributed by atoms with Crippen LogP contribution in [-0.2, 0) is 6.18 Å². The Labute approximate surface area is 119 Å². The molecule has 0 aliphatic rings. The lowest BCUT2D eigenvalue weighted by Gasteiger charge is -2.11. The summed E-state index contributed by atoms with van der Waals surface area (Å²) in [5.74, 6) is 0.151. The lowest BCUT2D eigenvalue weighted by atomic mass is 10.2. The zero-order valence-electron chi connectivity index (χ0n) is 10.5. The summed E-state index contributed by atoms with van der Waals surface area (Å²) in [4.78, 5) is 0. The molecular formula is C12H15ClF3N3O. The fourth-order valence-electron chi connectivity index (χ4n) is 1.54. The maximum absolute atomic E-state index is 12.4. The quantitative estimate of drug-likeness (QED) is 0.247. The van der Waals surface area contributed by atoms with Crippen molar-refractivity contribution in [3.05, 3.63) is 28.8 Å². The van der Waals surface area contributed by atoms with Crippen molar-refractivity contribution in [2.75, 3.05) is 11.9 Å². The normalized spacial score (nSPS) is 12.5. The zero-order chi connectivity index (χ0) is 15.2. The molecule has 1 rings (SSSR count). The zero-order valence-corrected chi connectivity index (χ0v) is 11.3. The summed E-state index contributed by atoms with van der Waals surface area (Å²) in [5.41, 5.74) is 4.97. The van der Waals surface area contributed by atoms with E-state index in [0.29, 0.717) is 31.5 Å². The molecule has 0 atom stereocenters. The first-order valence-corrected chi connectivity index (χ1v) is 6.29. The van der Waals surface area contributed by atoms with Gasteiger partial charge in [-0.25, -0.2) is 0 Å². The Morgan fingerprint density at radius 1 is 1.35 bits per heavy atom. The highest BCUT2D eigenvalue weighted by Crippen LogP contribution is 2.33. The molecule has 0 fully saturated rings. The standard InChI is InChI=1S/C12H15ClF3N3O/c13-9-7-8(12(14,15)16)4-5-10(9)18-6-2-1-3-11(17)19-20/h4-5,7,18,20H,1-3,6H2,(H2,17,19). The van der Waals surface area contributed by atoms with Gasteiger partial charge in [0.2, 0.25) is 0 Å². The van der Waals surface area contributed by atoms with Crippen molar-refractivity contribution in [2.24, 2.45) is 10.9 Å². The van der Waals surface area contributed by atoms with Crippen molar-refractivity contribution in [1.82, 2.24) is 0 Å². The van der Waals surface area contributed by atoms with E-state index in [9.17, 15) is 13.2 Å². The number of hydrogen-bond donors (Lipinski definition) is 3. The third-order valence-corrected chi connectivity index (χ3v) is 2.91. The third kappa shape index (κ3) is 5.16. The molecule has 0 bridgehead atoms. The molecule has 20 heavy (non-hydrogen) atoms. The topological polar surface area (TPSA) is 70.6 Å². The second-order valence-electron chi connectivity index (χ2n) is 4.17. The molecule has 0 saturated carbocycles. The van der Waals surface area contributed by atoms with Crippen LogP contribution in [0.5, 0.6) is 0 Å². The Balaban J connectivity index is 2.45. The Morgan fingerprint density at radius 2 is 2.05 bits per heavy atom. The van der Waals surface area contributed by atoms with Gasteiger partial charge in [0, 0.05) is 13.0 Å². The number of nitrogens with one attached hydrogen (secondary N) is 1. The van der Waals surface area contributed by atoms with Crippen LogP contribution >= 0.6 is 11.6 Å². The predicted molar refractivity (Wildman–Crippen MR) is 72.2 cm³/mol. The number of anilines is 1. The van der Waals surface area contributed by atoms with Crippen molar-refractivity contribution >= 4 is 23.1 Å². The average molecular weight is 310 g/mol. The van der Waals surface area contributed by atoms with Gasteiger partial charge in [-0.1, -0.05) is 16.8 Å². The number of hydrogen-bond acceptors (Lipinski definition) is 3. The monoisotopic (exact) mass is 309 g/mol. The van der Waals surface area contributed by atoms with Gasteiger partial charge in [0.25, 0.3) is 0 Å². The van der Waals surface area contributed by atoms with Gasteiger partial charge < -0.3 is 16.3 Å². The molecule has 0 aliphatic carbocycles. The minimum absolute atomic E-state index is 0.0243. The van der Waals surface area contributed by atoms with Gasteiger partial charge in [-0.05, 0) is 31.0 Å². The number of benzene rings is 1. The molecule has 0 aromatic heterocycles. The number of oxime groups is 1. The molecule has 0 saturated heterocycles. The summed E-state index contributed by atoms with van der Waals surface area (Å²) in [6.07, 6.45) is -2.53. The number of halogens is 4. The molecule has 112 valence electrons. The summed E-state index contributed by atoms with van der Waals surface area (Å²) in [5, 5.41) is 14.1. The smallest absolute Gasteiger partial charge is 0.409 e. The number of nitrogens with two attached hydrogens (primary N) is 1. The summed E-state index contributed by atoms with van der Waals surface area (Å²) < 4.78 is 37.3. The first kappa shape index (κ1) is 16.4. The lowest BCUT2D eigenvalue weighted by Crippen LogP contribution is -2.12. The Bertz CT molecular complexity index is 478. The van der Waals surface area contributed by atoms with Crippen LogP contribution in [-0.4, -0.2) is 17.6 Å². The largest absolute Gasteiger partial charge is 0.416 e. The number of unbranched alkanes of at least 4 members (excludes halogenated alkanes) is 1. The van der Waals surface area contributed by atoms with Crippen LogP contribution in [0.1, 0.15) is 24.8 Å². The Hall–Kier alpha value is -1.63. The van der Waals surface area contributed by atoms with Crippen molar-refractivity contribution in [3.63, 3.8) is 0 Å². The molecule has 0 heterocycles. The Kier molecular flexibility index (Phi) is 5.94. The second-order valence-corrected chi connectivity index (χ2v) is 4.57. The van der Waals surface area contributed by atoms with E-state index in [1.54, 1.807) is 0 Å². The highest BCUT2D eigenvalue weighted by Gasteiger charge is 2.30. The highest BCUT2D eigenvalue weighted by molar-refractivity contribution is 6.33. The van der Waals surface area contributed by atoms with Crippen LogP contribution < -0.4 is 11.1 Å². The molecular weight excluding hydrogens is 295 g/mol. The van der Waals surface area contributed by atoms with E-state index in [4.69, 9.17) is 22.5 Å². The lowest BCUT2D eigenvalue weighted by molar-refractivity contribution is -0.137. The molecule has 4 nitrogen and oxygen atoms in total. The second kappa shape index (κ2) is 7.23. The summed E-state index contributed by atoms with van der Waals surface area (Å²) in [7, 11) is 0. The van der Waals surface area contributed by atoms with Crippen molar-refractivity contribution < 1.29 is 18.4 Å². The molecule has 0 radical (unpaired) electrons. The van der Waals surface area contributed by atoms with Gasteiger partial charge in [-0.2, -0.15) is 13.2 Å². The maximum Gasteiger partial charge on any atom is 0.416 e. The van der Waals surface area contributed by atoms with E-state index >= 15 is 0 Å². The van der Waals surface area contributed by atoms with E-state index in [2.05, 4.69) is 10.5 Å². The van der Waals surface area contributed by atoms with Crippen LogP contribution in [0.25, 0.3) is 0 Å². The van der Waals surface area contributed by atoms with Crippen molar-refractivity contribution in [3.8, 4) is 0 Å². The van der Waals surface area contributed by atoms with E-state index in [-0.39, 0.29) is 10.9 Å². The van der Waals surface area contributed by atoms with Gasteiger partial charge in [-0.3, -0.25) is 0 Å². The van der Waals surface area contributed by atoms with Gasteiger partial charge in [0.15, 0.2) is 0 Å². The SMILES string of the molecule is NC(CCCCNc1ccc(C(F)(F)F)cc1Cl)=NO. The number of amidine groups is 1. The number of rotatable bonds is 6. The molecule has 0 spiro atoms. The summed E-state index contributed by atoms with van der Waals surface area (Å²) in [6, 6.07) is 3.17. The summed E-state index contributed by atoms with van der Waals surface area (Å²) >= 11 is 5.79. The molecule has 1 aromatic carbocycles.